The average Bonchev–Trinajstić information content (AvgIpc) is 2.92. The molecule has 1 N–H and O–H groups in total. The van der Waals surface area contributed by atoms with E-state index in [1.165, 1.54) is 0 Å². The van der Waals surface area contributed by atoms with Crippen LogP contribution in [0.25, 0.3) is 0 Å². The van der Waals surface area contributed by atoms with Crippen LogP contribution in [0.1, 0.15) is 27.4 Å². The van der Waals surface area contributed by atoms with Crippen molar-refractivity contribution in [1.29, 1.82) is 5.26 Å². The number of carbonyl (C=O) groups is 1. The molecule has 0 fully saturated rings. The van der Waals surface area contributed by atoms with Crippen LogP contribution in [0.2, 0.25) is 0 Å². The minimum absolute atomic E-state index is 0.0591. The van der Waals surface area contributed by atoms with E-state index in [-0.39, 0.29) is 22.8 Å². The maximum absolute atomic E-state index is 12.3. The van der Waals surface area contributed by atoms with Gasteiger partial charge in [-0.2, -0.15) is 5.26 Å². The molecule has 0 bridgehead atoms. The van der Waals surface area contributed by atoms with Crippen LogP contribution in [0.4, 0.5) is 0 Å². The molecule has 0 spiro atoms. The Labute approximate surface area is 128 Å². The second-order valence-electron chi connectivity index (χ2n) is 4.71. The highest BCUT2D eigenvalue weighted by Gasteiger charge is 2.25. The number of carbonyl (C=O) groups excluding carboxylic acids is 1. The van der Waals surface area contributed by atoms with E-state index in [2.05, 4.69) is 20.9 Å². The Balaban J connectivity index is 1.89. The van der Waals surface area contributed by atoms with E-state index in [1.807, 2.05) is 6.07 Å². The maximum atomic E-state index is 12.3. The summed E-state index contributed by atoms with van der Waals surface area (Å²) in [5, 5.41) is 8.91. The topological polar surface area (TPSA) is 90.1 Å². The van der Waals surface area contributed by atoms with Crippen LogP contribution in [0, 0.1) is 11.3 Å². The minimum atomic E-state index is -0.383. The Morgan fingerprint density at radius 3 is 2.95 bits per heavy atom. The monoisotopic (exact) mass is 347 g/mol. The van der Waals surface area contributed by atoms with Crippen molar-refractivity contribution in [2.24, 2.45) is 0 Å². The molecule has 0 aliphatic carbocycles. The zero-order valence-corrected chi connectivity index (χ0v) is 12.4. The number of furan rings is 1. The van der Waals surface area contributed by atoms with Crippen LogP contribution in [0.5, 0.6) is 0 Å². The van der Waals surface area contributed by atoms with Crippen molar-refractivity contribution >= 4 is 21.8 Å². The number of aromatic amines is 1. The zero-order chi connectivity index (χ0) is 15.0. The Morgan fingerprint density at radius 2 is 2.29 bits per heavy atom. The number of halogens is 1. The van der Waals surface area contributed by atoms with E-state index < -0.39 is 0 Å². The number of nitrogens with one attached hydrogen (secondary N) is 1. The van der Waals surface area contributed by atoms with E-state index in [4.69, 9.17) is 9.68 Å². The smallest absolute Gasteiger partial charge is 0.289 e. The molecule has 106 valence electrons. The van der Waals surface area contributed by atoms with Crippen molar-refractivity contribution in [2.75, 3.05) is 6.54 Å². The number of fused-ring (bicyclic) bond motifs is 1. The van der Waals surface area contributed by atoms with Gasteiger partial charge < -0.3 is 14.3 Å². The third-order valence-corrected chi connectivity index (χ3v) is 3.83. The maximum Gasteiger partial charge on any atom is 0.289 e. The number of pyridine rings is 1. The van der Waals surface area contributed by atoms with Gasteiger partial charge in [0, 0.05) is 25.2 Å². The lowest BCUT2D eigenvalue weighted by Crippen LogP contribution is -2.37. The molecule has 2 aromatic rings. The van der Waals surface area contributed by atoms with Gasteiger partial charge in [0.05, 0.1) is 0 Å². The number of rotatable bonds is 1. The van der Waals surface area contributed by atoms with Crippen molar-refractivity contribution in [3.05, 3.63) is 55.8 Å². The third kappa shape index (κ3) is 2.50. The van der Waals surface area contributed by atoms with Gasteiger partial charge in [0.2, 0.25) is 0 Å². The van der Waals surface area contributed by atoms with Crippen LogP contribution in [0.15, 0.2) is 32.1 Å². The lowest BCUT2D eigenvalue weighted by atomic mass is 10.0. The molecule has 0 atom stereocenters. The summed E-state index contributed by atoms with van der Waals surface area (Å²) in [6.07, 6.45) is 0.546. The molecule has 7 heteroatoms. The van der Waals surface area contributed by atoms with Gasteiger partial charge in [-0.25, -0.2) is 0 Å². The summed E-state index contributed by atoms with van der Waals surface area (Å²) in [5.74, 6) is 0.0475. The normalized spacial score (nSPS) is 13.6. The molecule has 3 rings (SSSR count). The van der Waals surface area contributed by atoms with Crippen LogP contribution in [-0.2, 0) is 13.0 Å². The first-order valence-corrected chi connectivity index (χ1v) is 7.07. The lowest BCUT2D eigenvalue weighted by molar-refractivity contribution is 0.0699. The van der Waals surface area contributed by atoms with Crippen molar-refractivity contribution in [3.8, 4) is 6.07 Å². The largest absolute Gasteiger partial charge is 0.444 e. The van der Waals surface area contributed by atoms with Gasteiger partial charge in [0.15, 0.2) is 10.4 Å². The second-order valence-corrected chi connectivity index (χ2v) is 5.49. The van der Waals surface area contributed by atoms with E-state index in [0.717, 1.165) is 11.3 Å². The molecule has 0 aromatic carbocycles. The van der Waals surface area contributed by atoms with Gasteiger partial charge in [-0.3, -0.25) is 9.59 Å². The van der Waals surface area contributed by atoms with Crippen molar-refractivity contribution in [1.82, 2.24) is 9.88 Å². The SMILES string of the molecule is N#Cc1cc2c([nH]c1=O)CCN(C(=O)c1ccc(Br)o1)C2. The quantitative estimate of drug-likeness (QED) is 0.851. The number of nitriles is 1. The predicted octanol–water partition coefficient (Wildman–Crippen LogP) is 1.80. The first-order valence-electron chi connectivity index (χ1n) is 6.28. The van der Waals surface area contributed by atoms with Crippen LogP contribution < -0.4 is 5.56 Å². The lowest BCUT2D eigenvalue weighted by Gasteiger charge is -2.27. The number of nitrogens with zero attached hydrogens (tertiary/aromatic N) is 2. The van der Waals surface area contributed by atoms with Gasteiger partial charge in [-0.1, -0.05) is 0 Å². The summed E-state index contributed by atoms with van der Waals surface area (Å²) >= 11 is 3.16. The first-order chi connectivity index (χ1) is 10.1. The Kier molecular flexibility index (Phi) is 3.39. The van der Waals surface area contributed by atoms with Crippen LogP contribution in [0.3, 0.4) is 0 Å². The molecular weight excluding hydrogens is 338 g/mol. The summed E-state index contributed by atoms with van der Waals surface area (Å²) in [6, 6.07) is 6.67. The number of aromatic nitrogens is 1. The van der Waals surface area contributed by atoms with Crippen molar-refractivity contribution in [3.63, 3.8) is 0 Å². The summed E-state index contributed by atoms with van der Waals surface area (Å²) in [5.41, 5.74) is 1.25. The van der Waals surface area contributed by atoms with E-state index >= 15 is 0 Å². The van der Waals surface area contributed by atoms with Crippen molar-refractivity contribution < 1.29 is 9.21 Å². The van der Waals surface area contributed by atoms with Crippen LogP contribution >= 0.6 is 15.9 Å². The fraction of sp³-hybridized carbons (Fsp3) is 0.214. The van der Waals surface area contributed by atoms with Crippen molar-refractivity contribution in [2.45, 2.75) is 13.0 Å². The summed E-state index contributed by atoms with van der Waals surface area (Å²) in [4.78, 5) is 28.2. The molecule has 0 saturated heterocycles. The van der Waals surface area contributed by atoms with E-state index in [0.29, 0.717) is 24.2 Å². The number of amides is 1. The fourth-order valence-electron chi connectivity index (χ4n) is 2.35. The highest BCUT2D eigenvalue weighted by Crippen LogP contribution is 2.21. The summed E-state index contributed by atoms with van der Waals surface area (Å²) < 4.78 is 5.77. The predicted molar refractivity (Wildman–Crippen MR) is 76.6 cm³/mol. The second kappa shape index (κ2) is 5.22. The third-order valence-electron chi connectivity index (χ3n) is 3.40. The average molecular weight is 348 g/mol. The molecule has 1 aliphatic rings. The van der Waals surface area contributed by atoms with Gasteiger partial charge in [0.25, 0.3) is 11.5 Å². The zero-order valence-electron chi connectivity index (χ0n) is 10.9. The standard InChI is InChI=1S/C14H10BrN3O3/c15-12-2-1-11(21-12)14(20)18-4-3-10-9(7-18)5-8(6-16)13(19)17-10/h1-2,5H,3-4,7H2,(H,17,19). The molecule has 21 heavy (non-hydrogen) atoms. The molecular formula is C14H10BrN3O3. The van der Waals surface area contributed by atoms with E-state index in [1.54, 1.807) is 23.1 Å². The molecule has 0 saturated carbocycles. The molecule has 1 amide bonds. The number of hydrogen-bond donors (Lipinski definition) is 1. The van der Waals surface area contributed by atoms with Crippen LogP contribution in [-0.4, -0.2) is 22.3 Å². The summed E-state index contributed by atoms with van der Waals surface area (Å²) in [7, 11) is 0. The Bertz CT molecular complexity index is 816. The molecule has 1 aliphatic heterocycles. The minimum Gasteiger partial charge on any atom is -0.444 e. The van der Waals surface area contributed by atoms with Gasteiger partial charge in [-0.05, 0) is 39.7 Å². The summed E-state index contributed by atoms with van der Waals surface area (Å²) in [6.45, 7) is 0.837. The Morgan fingerprint density at radius 1 is 1.48 bits per heavy atom. The van der Waals surface area contributed by atoms with Gasteiger partial charge in [0.1, 0.15) is 11.6 Å². The highest BCUT2D eigenvalue weighted by atomic mass is 79.9. The fourth-order valence-corrected chi connectivity index (χ4v) is 2.66. The number of H-pyrrole nitrogens is 1. The Hall–Kier alpha value is -2.33. The van der Waals surface area contributed by atoms with Gasteiger partial charge >= 0.3 is 0 Å². The molecule has 2 aromatic heterocycles. The first kappa shape index (κ1) is 13.6. The number of hydrogen-bond acceptors (Lipinski definition) is 4. The molecule has 0 radical (unpaired) electrons. The molecule has 3 heterocycles. The van der Waals surface area contributed by atoms with E-state index in [9.17, 15) is 9.59 Å². The molecule has 6 nitrogen and oxygen atoms in total. The van der Waals surface area contributed by atoms with Gasteiger partial charge in [-0.15, -0.1) is 0 Å². The molecule has 0 unspecified atom stereocenters. The highest BCUT2D eigenvalue weighted by molar-refractivity contribution is 9.10.